The Morgan fingerprint density at radius 2 is 1.14 bits per heavy atom. The minimum atomic E-state index is -4.67. The fourth-order valence-corrected chi connectivity index (χ4v) is 0. The summed E-state index contributed by atoms with van der Waals surface area (Å²) in [5.74, 6) is 0. The van der Waals surface area contributed by atoms with Gasteiger partial charge < -0.3 is 0 Å². The molecule has 0 saturated heterocycles. The van der Waals surface area contributed by atoms with E-state index < -0.39 is 10.4 Å². The molecule has 0 atom stereocenters. The molecular weight excluding hydrogens is 378 g/mol. The molecule has 0 aromatic rings. The molecule has 0 spiro atoms. The molecule has 7 heavy (non-hydrogen) atoms. The summed E-state index contributed by atoms with van der Waals surface area (Å²) in [4.78, 5) is 0. The first-order valence-electron chi connectivity index (χ1n) is 0.698. The van der Waals surface area contributed by atoms with Crippen LogP contribution in [-0.4, -0.2) is 66.4 Å². The molecule has 0 amide bonds. The van der Waals surface area contributed by atoms with Crippen LogP contribution in [-0.2, 0) is 10.4 Å². The van der Waals surface area contributed by atoms with E-state index in [1.807, 2.05) is 0 Å². The molecule has 0 bridgehead atoms. The topological polar surface area (TPSA) is 74.6 Å². The van der Waals surface area contributed by atoms with E-state index in [9.17, 15) is 0 Å². The quantitative estimate of drug-likeness (QED) is 0.393. The predicted molar refractivity (Wildman–Crippen MR) is 22.7 cm³/mol. The summed E-state index contributed by atoms with van der Waals surface area (Å²) in [5.41, 5.74) is 0. The molecule has 0 aromatic heterocycles. The van der Waals surface area contributed by atoms with Crippen LogP contribution in [0.1, 0.15) is 0 Å². The summed E-state index contributed by atoms with van der Waals surface area (Å²) in [5, 5.41) is 0. The van der Waals surface area contributed by atoms with Gasteiger partial charge in [0.2, 0.25) is 0 Å². The van der Waals surface area contributed by atoms with Crippen LogP contribution < -0.4 is 0 Å². The van der Waals surface area contributed by atoms with Gasteiger partial charge >= 0.3 is 59.3 Å². The van der Waals surface area contributed by atoms with Crippen molar-refractivity contribution in [2.24, 2.45) is 0 Å². The van der Waals surface area contributed by atoms with E-state index in [0.717, 1.165) is 0 Å². The fraction of sp³-hybridized carbons (Fsp3) is 0. The van der Waals surface area contributed by atoms with E-state index in [-0.39, 0.29) is 89.7 Å². The van der Waals surface area contributed by atoms with E-state index in [2.05, 4.69) is 0 Å². The molecule has 0 fully saturated rings. The van der Waals surface area contributed by atoms with E-state index in [1.165, 1.54) is 0 Å². The third-order valence-corrected chi connectivity index (χ3v) is 0. The third-order valence-electron chi connectivity index (χ3n) is 0. The van der Waals surface area contributed by atoms with Gasteiger partial charge in [-0.15, -0.1) is 0 Å². The Kier molecular flexibility index (Phi) is 16.2. The average molecular weight is 382 g/mol. The van der Waals surface area contributed by atoms with Crippen LogP contribution in [0.3, 0.4) is 0 Å². The summed E-state index contributed by atoms with van der Waals surface area (Å²) < 4.78 is 31.6. The van der Waals surface area contributed by atoms with Gasteiger partial charge in [0, 0.05) is 40.8 Å². The monoisotopic (exact) mass is 380 g/mol. The maximum atomic E-state index is 8.74. The van der Waals surface area contributed by atoms with Crippen LogP contribution >= 0.6 is 0 Å². The smallest absolute Gasteiger partial charge is 0 e. The fourth-order valence-electron chi connectivity index (χ4n) is 0. The van der Waals surface area contributed by atoms with Gasteiger partial charge in [-0.1, -0.05) is 0 Å². The summed E-state index contributed by atoms with van der Waals surface area (Å²) in [6.45, 7) is 0. The Labute approximate surface area is 115 Å². The molecule has 4 nitrogen and oxygen atoms in total. The molecule has 40 valence electrons. The molecule has 0 aliphatic rings. The minimum absolute atomic E-state index is 0. The van der Waals surface area contributed by atoms with Gasteiger partial charge in [0.05, 0.1) is 0 Å². The molecule has 0 heterocycles. The Morgan fingerprint density at radius 3 is 1.14 bits per heavy atom. The molecule has 0 radical (unpaired) electrons. The van der Waals surface area contributed by atoms with Crippen molar-refractivity contribution in [3.05, 3.63) is 0 Å². The number of rotatable bonds is 0. The van der Waals surface area contributed by atoms with Gasteiger partial charge in [-0.3, -0.25) is 9.11 Å². The van der Waals surface area contributed by atoms with Crippen molar-refractivity contribution in [2.75, 3.05) is 0 Å². The Hall–Kier alpha value is 2.79. The second-order valence-electron chi connectivity index (χ2n) is 0.448. The summed E-state index contributed by atoms with van der Waals surface area (Å²) in [6, 6.07) is 0. The first-order chi connectivity index (χ1) is 2.00. The molecule has 7 heteroatoms. The molecule has 2 N–H and O–H groups in total. The first-order valence-corrected chi connectivity index (χ1v) is 2.10. The molecular formula is H4BaNdO4S. The van der Waals surface area contributed by atoms with Crippen molar-refractivity contribution in [1.29, 1.82) is 0 Å². The number of hydrogen-bond acceptors (Lipinski definition) is 2. The predicted octanol–water partition coefficient (Wildman–Crippen LogP) is -1.57. The van der Waals surface area contributed by atoms with Crippen molar-refractivity contribution < 1.29 is 58.4 Å². The van der Waals surface area contributed by atoms with Crippen LogP contribution in [0.15, 0.2) is 0 Å². The van der Waals surface area contributed by atoms with Crippen molar-refractivity contribution in [3.63, 3.8) is 0 Å². The zero-order chi connectivity index (χ0) is 4.50. The Bertz CT molecular complexity index is 94.9. The molecule has 0 aromatic carbocycles. The van der Waals surface area contributed by atoms with Gasteiger partial charge in [-0.25, -0.2) is 0 Å². The van der Waals surface area contributed by atoms with E-state index in [4.69, 9.17) is 17.5 Å². The van der Waals surface area contributed by atoms with Crippen molar-refractivity contribution in [1.82, 2.24) is 0 Å². The van der Waals surface area contributed by atoms with E-state index in [1.54, 1.807) is 0 Å². The third kappa shape index (κ3) is 52.0. The Balaban J connectivity index is -0.0000000800. The normalized spacial score (nSPS) is 8.29. The minimum Gasteiger partial charge on any atom is 0 e. The van der Waals surface area contributed by atoms with Crippen molar-refractivity contribution in [2.45, 2.75) is 0 Å². The molecule has 0 rings (SSSR count). The van der Waals surface area contributed by atoms with Gasteiger partial charge in [0.15, 0.2) is 0 Å². The van der Waals surface area contributed by atoms with Crippen LogP contribution in [0, 0.1) is 40.8 Å². The average Bonchev–Trinajstić information content (AvgIpc) is 0.722. The zero-order valence-electron chi connectivity index (χ0n) is 2.62. The largest absolute Gasteiger partial charge is 0 e. The van der Waals surface area contributed by atoms with Crippen molar-refractivity contribution in [3.8, 4) is 0 Å². The van der Waals surface area contributed by atoms with Crippen LogP contribution in [0.2, 0.25) is 0 Å². The molecule has 0 unspecified atom stereocenters. The first kappa shape index (κ1) is 16.4. The summed E-state index contributed by atoms with van der Waals surface area (Å²) in [6.07, 6.45) is 0. The van der Waals surface area contributed by atoms with E-state index in [0.29, 0.717) is 0 Å². The van der Waals surface area contributed by atoms with Gasteiger partial charge in [-0.05, 0) is 0 Å². The van der Waals surface area contributed by atoms with Crippen LogP contribution in [0.5, 0.6) is 0 Å². The Morgan fingerprint density at radius 1 is 1.14 bits per heavy atom. The zero-order valence-corrected chi connectivity index (χ0v) is 6.64. The molecule has 0 saturated carbocycles. The SMILES string of the molecule is O=S(=O)(O)O.[BaH2].[Nd]. The van der Waals surface area contributed by atoms with Gasteiger partial charge in [-0.2, -0.15) is 8.42 Å². The number of hydrogen-bond donors (Lipinski definition) is 2. The second-order valence-corrected chi connectivity index (χ2v) is 1.34. The molecule has 0 aliphatic carbocycles. The maximum absolute atomic E-state index is 8.74. The second kappa shape index (κ2) is 6.91. The summed E-state index contributed by atoms with van der Waals surface area (Å²) >= 11 is 0. The molecule has 0 aliphatic heterocycles. The van der Waals surface area contributed by atoms with Crippen LogP contribution in [0.25, 0.3) is 0 Å². The van der Waals surface area contributed by atoms with Crippen LogP contribution in [0.4, 0.5) is 0 Å². The van der Waals surface area contributed by atoms with Crippen molar-refractivity contribution >= 4 is 59.3 Å². The standard InChI is InChI=1S/Ba.Nd.H2O4S.2H/c;;1-5(2,3)4;;/h;;(H2,1,2,3,4);;. The van der Waals surface area contributed by atoms with Gasteiger partial charge in [0.25, 0.3) is 0 Å². The van der Waals surface area contributed by atoms with E-state index >= 15 is 0 Å². The van der Waals surface area contributed by atoms with Gasteiger partial charge in [0.1, 0.15) is 0 Å². The summed E-state index contributed by atoms with van der Waals surface area (Å²) in [7, 11) is -4.67. The maximum Gasteiger partial charge on any atom is 0 e.